The van der Waals surface area contributed by atoms with Crippen molar-refractivity contribution in [3.05, 3.63) is 51.7 Å². The Kier molecular flexibility index (Phi) is 5.15. The summed E-state index contributed by atoms with van der Waals surface area (Å²) in [6, 6.07) is 11.6. The summed E-state index contributed by atoms with van der Waals surface area (Å²) in [5.41, 5.74) is 7.40. The van der Waals surface area contributed by atoms with Crippen LogP contribution in [0.25, 0.3) is 0 Å². The molecule has 0 atom stereocenters. The monoisotopic (exact) mass is 298 g/mol. The Morgan fingerprint density at radius 1 is 1.29 bits per heavy atom. The Hall–Kier alpha value is -2.09. The maximum atomic E-state index is 12.7. The topological polar surface area (TPSA) is 46.3 Å². The summed E-state index contributed by atoms with van der Waals surface area (Å²) in [5, 5.41) is 0. The van der Waals surface area contributed by atoms with Gasteiger partial charge in [-0.25, -0.2) is 0 Å². The highest BCUT2D eigenvalue weighted by atomic mass is 32.1. The minimum absolute atomic E-state index is 0.0117. The average Bonchev–Trinajstić information content (AvgIpc) is 2.96. The predicted octanol–water partition coefficient (Wildman–Crippen LogP) is 3.03. The van der Waals surface area contributed by atoms with E-state index < -0.39 is 0 Å². The summed E-state index contributed by atoms with van der Waals surface area (Å²) in [6.45, 7) is 4.95. The number of anilines is 1. The molecule has 3 nitrogen and oxygen atoms in total. The molecule has 0 saturated carbocycles. The van der Waals surface area contributed by atoms with E-state index in [0.717, 1.165) is 16.1 Å². The van der Waals surface area contributed by atoms with Crippen molar-refractivity contribution >= 4 is 22.9 Å². The molecule has 1 amide bonds. The molecule has 0 fully saturated rings. The van der Waals surface area contributed by atoms with Gasteiger partial charge in [0, 0.05) is 12.2 Å². The van der Waals surface area contributed by atoms with E-state index in [2.05, 4.69) is 11.8 Å². The number of thiophene rings is 1. The van der Waals surface area contributed by atoms with Crippen molar-refractivity contribution < 1.29 is 4.79 Å². The predicted molar refractivity (Wildman–Crippen MR) is 88.8 cm³/mol. The van der Waals surface area contributed by atoms with E-state index in [0.29, 0.717) is 18.0 Å². The van der Waals surface area contributed by atoms with Gasteiger partial charge in [0.2, 0.25) is 0 Å². The van der Waals surface area contributed by atoms with Crippen LogP contribution in [0.1, 0.15) is 27.0 Å². The van der Waals surface area contributed by atoms with Gasteiger partial charge in [-0.3, -0.25) is 4.79 Å². The zero-order valence-corrected chi connectivity index (χ0v) is 13.0. The minimum atomic E-state index is 0.0117. The van der Waals surface area contributed by atoms with Crippen LogP contribution in [0.4, 0.5) is 5.69 Å². The number of hydrogen-bond donors (Lipinski definition) is 1. The average molecular weight is 298 g/mol. The Morgan fingerprint density at radius 2 is 2.05 bits per heavy atom. The highest BCUT2D eigenvalue weighted by molar-refractivity contribution is 7.14. The lowest BCUT2D eigenvalue weighted by atomic mass is 10.1. The molecule has 0 radical (unpaired) electrons. The largest absolute Gasteiger partial charge is 0.320 e. The van der Waals surface area contributed by atoms with Crippen molar-refractivity contribution in [3.63, 3.8) is 0 Å². The summed E-state index contributed by atoms with van der Waals surface area (Å²) in [5.74, 6) is 5.78. The zero-order chi connectivity index (χ0) is 15.2. The van der Waals surface area contributed by atoms with E-state index in [9.17, 15) is 4.79 Å². The highest BCUT2D eigenvalue weighted by Crippen LogP contribution is 2.24. The van der Waals surface area contributed by atoms with Gasteiger partial charge in [0.1, 0.15) is 0 Å². The van der Waals surface area contributed by atoms with Gasteiger partial charge in [0.15, 0.2) is 0 Å². The molecule has 0 aliphatic carbocycles. The lowest BCUT2D eigenvalue weighted by molar-refractivity contribution is 0.0992. The number of amides is 1. The van der Waals surface area contributed by atoms with Crippen LogP contribution in [0, 0.1) is 18.8 Å². The van der Waals surface area contributed by atoms with E-state index in [-0.39, 0.29) is 5.91 Å². The van der Waals surface area contributed by atoms with Crippen LogP contribution in [0.2, 0.25) is 0 Å². The van der Waals surface area contributed by atoms with Gasteiger partial charge in [-0.1, -0.05) is 30.0 Å². The maximum Gasteiger partial charge on any atom is 0.268 e. The smallest absolute Gasteiger partial charge is 0.268 e. The van der Waals surface area contributed by atoms with E-state index in [4.69, 9.17) is 5.73 Å². The van der Waals surface area contributed by atoms with Crippen LogP contribution in [0.5, 0.6) is 0 Å². The molecule has 2 N–H and O–H groups in total. The highest BCUT2D eigenvalue weighted by Gasteiger charge is 2.18. The first-order valence-corrected chi connectivity index (χ1v) is 7.65. The Balaban J connectivity index is 2.29. The molecule has 1 heterocycles. The van der Waals surface area contributed by atoms with Gasteiger partial charge in [-0.05, 0) is 37.6 Å². The third kappa shape index (κ3) is 3.52. The number of carbonyl (C=O) groups excluding carboxylic acids is 1. The normalized spacial score (nSPS) is 9.86. The molecular weight excluding hydrogens is 280 g/mol. The molecule has 108 valence electrons. The number of aryl methyl sites for hydroxylation is 1. The molecule has 0 unspecified atom stereocenters. The second kappa shape index (κ2) is 7.07. The summed E-state index contributed by atoms with van der Waals surface area (Å²) in [4.78, 5) is 16.0. The fourth-order valence-corrected chi connectivity index (χ4v) is 2.91. The molecule has 0 aliphatic rings. The molecule has 21 heavy (non-hydrogen) atoms. The van der Waals surface area contributed by atoms with Crippen LogP contribution in [-0.4, -0.2) is 19.0 Å². The van der Waals surface area contributed by atoms with Gasteiger partial charge in [-0.15, -0.1) is 11.3 Å². The number of carbonyl (C=O) groups is 1. The van der Waals surface area contributed by atoms with E-state index in [1.807, 2.05) is 50.2 Å². The summed E-state index contributed by atoms with van der Waals surface area (Å²) >= 11 is 1.40. The van der Waals surface area contributed by atoms with Crippen LogP contribution < -0.4 is 10.6 Å². The number of benzene rings is 1. The molecule has 1 aromatic carbocycles. The molecule has 2 aromatic rings. The van der Waals surface area contributed by atoms with Crippen molar-refractivity contribution in [1.29, 1.82) is 0 Å². The third-order valence-electron chi connectivity index (χ3n) is 3.10. The quantitative estimate of drug-likeness (QED) is 0.885. The Morgan fingerprint density at radius 3 is 2.71 bits per heavy atom. The first-order chi connectivity index (χ1) is 10.2. The molecule has 1 aromatic heterocycles. The summed E-state index contributed by atoms with van der Waals surface area (Å²) in [6.07, 6.45) is 0. The first kappa shape index (κ1) is 15.3. The molecule has 0 bridgehead atoms. The van der Waals surface area contributed by atoms with Crippen molar-refractivity contribution in [2.75, 3.05) is 18.0 Å². The first-order valence-electron chi connectivity index (χ1n) is 6.83. The SMILES string of the molecule is CCN(C(=O)c1ccc(C#CCN)s1)c1ccccc1C. The Bertz CT molecular complexity index is 694. The number of rotatable bonds is 3. The van der Waals surface area contributed by atoms with Crippen LogP contribution >= 0.6 is 11.3 Å². The van der Waals surface area contributed by atoms with E-state index >= 15 is 0 Å². The van der Waals surface area contributed by atoms with Gasteiger partial charge >= 0.3 is 0 Å². The van der Waals surface area contributed by atoms with Gasteiger partial charge in [0.05, 0.1) is 16.3 Å². The van der Waals surface area contributed by atoms with Crippen molar-refractivity contribution in [2.24, 2.45) is 5.73 Å². The van der Waals surface area contributed by atoms with Crippen LogP contribution in [0.3, 0.4) is 0 Å². The number of nitrogens with two attached hydrogens (primary N) is 1. The number of hydrogen-bond acceptors (Lipinski definition) is 3. The van der Waals surface area contributed by atoms with Gasteiger partial charge in [0.25, 0.3) is 5.91 Å². The second-order valence-corrected chi connectivity index (χ2v) is 5.59. The van der Waals surface area contributed by atoms with Crippen LogP contribution in [-0.2, 0) is 0 Å². The summed E-state index contributed by atoms with van der Waals surface area (Å²) in [7, 11) is 0. The fraction of sp³-hybridized carbons (Fsp3) is 0.235. The third-order valence-corrected chi connectivity index (χ3v) is 4.09. The van der Waals surface area contributed by atoms with Gasteiger partial charge < -0.3 is 10.6 Å². The molecule has 0 saturated heterocycles. The van der Waals surface area contributed by atoms with Crippen molar-refractivity contribution in [2.45, 2.75) is 13.8 Å². The molecule has 0 spiro atoms. The summed E-state index contributed by atoms with van der Waals surface area (Å²) < 4.78 is 0. The maximum absolute atomic E-state index is 12.7. The molecule has 2 rings (SSSR count). The van der Waals surface area contributed by atoms with Crippen LogP contribution in [0.15, 0.2) is 36.4 Å². The lowest BCUT2D eigenvalue weighted by Gasteiger charge is -2.22. The standard InChI is InChI=1S/C17H18N2OS/c1-3-19(15-9-5-4-7-13(15)2)17(20)16-11-10-14(21-16)8-6-12-18/h4-5,7,9-11H,3,12,18H2,1-2H3. The molecular formula is C17H18N2OS. The second-order valence-electron chi connectivity index (χ2n) is 4.51. The lowest BCUT2D eigenvalue weighted by Crippen LogP contribution is -2.30. The van der Waals surface area contributed by atoms with E-state index in [1.54, 1.807) is 4.90 Å². The minimum Gasteiger partial charge on any atom is -0.320 e. The molecule has 4 heteroatoms. The molecule has 0 aliphatic heterocycles. The van der Waals surface area contributed by atoms with Crippen molar-refractivity contribution in [1.82, 2.24) is 0 Å². The fourth-order valence-electron chi connectivity index (χ4n) is 2.08. The van der Waals surface area contributed by atoms with Gasteiger partial charge in [-0.2, -0.15) is 0 Å². The Labute approximate surface area is 129 Å². The number of para-hydroxylation sites is 1. The van der Waals surface area contributed by atoms with E-state index in [1.165, 1.54) is 11.3 Å². The zero-order valence-electron chi connectivity index (χ0n) is 12.2. The van der Waals surface area contributed by atoms with Crippen molar-refractivity contribution in [3.8, 4) is 11.8 Å². The number of nitrogens with zero attached hydrogens (tertiary/aromatic N) is 1.